The molecule has 10 nitrogen and oxygen atoms in total. The maximum atomic E-state index is 13.1. The van der Waals surface area contributed by atoms with Gasteiger partial charge in [-0.1, -0.05) is 24.3 Å². The minimum atomic E-state index is -0.495. The van der Waals surface area contributed by atoms with Gasteiger partial charge in [0.05, 0.1) is 23.8 Å². The predicted molar refractivity (Wildman–Crippen MR) is 147 cm³/mol. The molecule has 204 valence electrons. The quantitative estimate of drug-likeness (QED) is 0.332. The van der Waals surface area contributed by atoms with Gasteiger partial charge in [-0.3, -0.25) is 4.79 Å². The second-order valence-electron chi connectivity index (χ2n) is 9.64. The molecule has 1 aliphatic heterocycles. The molecule has 2 aromatic carbocycles. The number of carbonyl (C=O) groups excluding carboxylic acids is 2. The third-order valence-electron chi connectivity index (χ3n) is 6.87. The zero-order valence-electron chi connectivity index (χ0n) is 22.2. The Morgan fingerprint density at radius 2 is 1.95 bits per heavy atom. The molecule has 1 aromatic heterocycles. The number of aromatic nitrogens is 2. The Labute approximate surface area is 223 Å². The number of anilines is 1. The van der Waals surface area contributed by atoms with E-state index in [0.29, 0.717) is 31.1 Å². The molecule has 0 saturated carbocycles. The largest absolute Gasteiger partial charge is 0.495 e. The second-order valence-corrected chi connectivity index (χ2v) is 9.64. The van der Waals surface area contributed by atoms with Crippen molar-refractivity contribution in [1.82, 2.24) is 19.8 Å². The van der Waals surface area contributed by atoms with Crippen LogP contribution in [0.5, 0.6) is 5.75 Å². The molecule has 3 amide bonds. The van der Waals surface area contributed by atoms with E-state index in [1.807, 2.05) is 35.2 Å². The first kappa shape index (κ1) is 27.4. The minimum Gasteiger partial charge on any atom is -0.495 e. The molecule has 3 aromatic rings. The maximum absolute atomic E-state index is 13.1. The highest BCUT2D eigenvalue weighted by molar-refractivity contribution is 5.91. The van der Waals surface area contributed by atoms with E-state index < -0.39 is 12.1 Å². The SMILES string of the molecule is COCCCn1c([C@@H]2CCCN(C(=O)C[C@H](N)CNC(=O)Nc3ccccc3OC)C2)nc2ccccc21. The molecule has 0 aliphatic carbocycles. The van der Waals surface area contributed by atoms with E-state index in [4.69, 9.17) is 20.2 Å². The van der Waals surface area contributed by atoms with Gasteiger partial charge < -0.3 is 35.3 Å². The Morgan fingerprint density at radius 3 is 2.76 bits per heavy atom. The lowest BCUT2D eigenvalue weighted by Gasteiger charge is -2.33. The van der Waals surface area contributed by atoms with E-state index in [2.05, 4.69) is 21.3 Å². The number of benzene rings is 2. The highest BCUT2D eigenvalue weighted by atomic mass is 16.5. The van der Waals surface area contributed by atoms with Gasteiger partial charge in [0.2, 0.25) is 5.91 Å². The average Bonchev–Trinajstić information content (AvgIpc) is 3.31. The number of piperidine rings is 1. The van der Waals surface area contributed by atoms with Gasteiger partial charge in [0.1, 0.15) is 11.6 Å². The zero-order valence-corrected chi connectivity index (χ0v) is 22.2. The number of ether oxygens (including phenoxy) is 2. The van der Waals surface area contributed by atoms with Gasteiger partial charge in [0.15, 0.2) is 0 Å². The van der Waals surface area contributed by atoms with E-state index in [9.17, 15) is 9.59 Å². The predicted octanol–water partition coefficient (Wildman–Crippen LogP) is 3.33. The van der Waals surface area contributed by atoms with E-state index in [1.54, 1.807) is 26.4 Å². The van der Waals surface area contributed by atoms with Crippen LogP contribution >= 0.6 is 0 Å². The number of methoxy groups -OCH3 is 2. The number of imidazole rings is 1. The fourth-order valence-electron chi connectivity index (χ4n) is 4.99. The first-order valence-electron chi connectivity index (χ1n) is 13.2. The first-order chi connectivity index (χ1) is 18.5. The summed E-state index contributed by atoms with van der Waals surface area (Å²) in [5.74, 6) is 1.74. The van der Waals surface area contributed by atoms with Crippen molar-refractivity contribution in [3.63, 3.8) is 0 Å². The summed E-state index contributed by atoms with van der Waals surface area (Å²) in [5, 5.41) is 5.50. The number of nitrogens with two attached hydrogens (primary N) is 1. The van der Waals surface area contributed by atoms with E-state index in [0.717, 1.165) is 42.7 Å². The van der Waals surface area contributed by atoms with Crippen LogP contribution in [-0.4, -0.2) is 72.9 Å². The molecular formula is C28H38N6O4. The van der Waals surface area contributed by atoms with Crippen molar-refractivity contribution in [2.45, 2.75) is 44.2 Å². The highest BCUT2D eigenvalue weighted by Gasteiger charge is 2.29. The molecule has 1 fully saturated rings. The van der Waals surface area contributed by atoms with E-state index in [-0.39, 0.29) is 24.8 Å². The normalized spacial score (nSPS) is 16.3. The van der Waals surface area contributed by atoms with Crippen molar-refractivity contribution in [2.24, 2.45) is 5.73 Å². The van der Waals surface area contributed by atoms with Crippen LogP contribution < -0.4 is 21.1 Å². The molecule has 4 rings (SSSR count). The Morgan fingerprint density at radius 1 is 1.16 bits per heavy atom. The first-order valence-corrected chi connectivity index (χ1v) is 13.2. The number of hydrogen-bond donors (Lipinski definition) is 3. The van der Waals surface area contributed by atoms with Crippen LogP contribution in [0.25, 0.3) is 11.0 Å². The van der Waals surface area contributed by atoms with E-state index >= 15 is 0 Å². The van der Waals surface area contributed by atoms with Gasteiger partial charge in [-0.15, -0.1) is 0 Å². The molecule has 4 N–H and O–H groups in total. The Balaban J connectivity index is 1.33. The zero-order chi connectivity index (χ0) is 26.9. The molecule has 38 heavy (non-hydrogen) atoms. The Kier molecular flexibility index (Phi) is 9.56. The van der Waals surface area contributed by atoms with Crippen LogP contribution in [0.4, 0.5) is 10.5 Å². The van der Waals surface area contributed by atoms with E-state index in [1.165, 1.54) is 0 Å². The number of likely N-dealkylation sites (tertiary alicyclic amines) is 1. The molecule has 0 bridgehead atoms. The van der Waals surface area contributed by atoms with Crippen LogP contribution in [0.15, 0.2) is 48.5 Å². The summed E-state index contributed by atoms with van der Waals surface area (Å²) in [6.45, 7) is 3.00. The molecular weight excluding hydrogens is 484 g/mol. The number of carbonyl (C=O) groups is 2. The highest BCUT2D eigenvalue weighted by Crippen LogP contribution is 2.30. The summed E-state index contributed by atoms with van der Waals surface area (Å²) in [6.07, 6.45) is 2.94. The van der Waals surface area contributed by atoms with Gasteiger partial charge in [-0.05, 0) is 43.5 Å². The molecule has 0 radical (unpaired) electrons. The van der Waals surface area contributed by atoms with Crippen molar-refractivity contribution in [2.75, 3.05) is 45.8 Å². The van der Waals surface area contributed by atoms with Gasteiger partial charge >= 0.3 is 6.03 Å². The lowest BCUT2D eigenvalue weighted by Crippen LogP contribution is -2.45. The number of rotatable bonds is 11. The number of urea groups is 1. The van der Waals surface area contributed by atoms with Crippen LogP contribution in [-0.2, 0) is 16.1 Å². The summed E-state index contributed by atoms with van der Waals surface area (Å²) >= 11 is 0. The van der Waals surface area contributed by atoms with Crippen LogP contribution in [0.1, 0.15) is 37.4 Å². The lowest BCUT2D eigenvalue weighted by atomic mass is 9.96. The molecule has 0 unspecified atom stereocenters. The smallest absolute Gasteiger partial charge is 0.319 e. The van der Waals surface area contributed by atoms with Gasteiger partial charge in [0.25, 0.3) is 0 Å². The molecule has 10 heteroatoms. The minimum absolute atomic E-state index is 0.00354. The van der Waals surface area contributed by atoms with Crippen LogP contribution in [0.2, 0.25) is 0 Å². The Bertz CT molecular complexity index is 1230. The summed E-state index contributed by atoms with van der Waals surface area (Å²) < 4.78 is 12.8. The molecule has 0 spiro atoms. The number of aryl methyl sites for hydroxylation is 1. The number of amides is 3. The topological polar surface area (TPSA) is 124 Å². The van der Waals surface area contributed by atoms with Crippen LogP contribution in [0.3, 0.4) is 0 Å². The molecule has 2 heterocycles. The fraction of sp³-hybridized carbons (Fsp3) is 0.464. The summed E-state index contributed by atoms with van der Waals surface area (Å²) in [6, 6.07) is 14.4. The fourth-order valence-corrected chi connectivity index (χ4v) is 4.99. The third-order valence-corrected chi connectivity index (χ3v) is 6.87. The number of nitrogens with zero attached hydrogens (tertiary/aromatic N) is 3. The number of nitrogens with one attached hydrogen (secondary N) is 2. The van der Waals surface area contributed by atoms with Crippen molar-refractivity contribution < 1.29 is 19.1 Å². The number of fused-ring (bicyclic) bond motifs is 1. The van der Waals surface area contributed by atoms with Gasteiger partial charge in [0, 0.05) is 58.3 Å². The van der Waals surface area contributed by atoms with Crippen molar-refractivity contribution in [1.29, 1.82) is 0 Å². The second kappa shape index (κ2) is 13.3. The van der Waals surface area contributed by atoms with Gasteiger partial charge in [-0.2, -0.15) is 0 Å². The summed E-state index contributed by atoms with van der Waals surface area (Å²) in [4.78, 5) is 32.3. The average molecular weight is 523 g/mol. The third kappa shape index (κ3) is 6.81. The van der Waals surface area contributed by atoms with Crippen molar-refractivity contribution in [3.05, 3.63) is 54.4 Å². The maximum Gasteiger partial charge on any atom is 0.319 e. The Hall–Kier alpha value is -3.63. The summed E-state index contributed by atoms with van der Waals surface area (Å²) in [5.41, 5.74) is 8.87. The van der Waals surface area contributed by atoms with Crippen LogP contribution in [0, 0.1) is 0 Å². The molecule has 1 aliphatic rings. The number of hydrogen-bond acceptors (Lipinski definition) is 6. The van der Waals surface area contributed by atoms with Crippen molar-refractivity contribution >= 4 is 28.7 Å². The standard InChI is InChI=1S/C28H38N6O4/c1-37-16-8-15-34-24-12-5-3-10-22(24)31-27(34)20-9-7-14-33(19-20)26(35)17-21(29)18-30-28(36)32-23-11-4-6-13-25(23)38-2/h3-6,10-13,20-21H,7-9,14-19,29H2,1-2H3,(H2,30,32,36)/t20-,21+/m1/s1. The lowest BCUT2D eigenvalue weighted by molar-refractivity contribution is -0.132. The number of para-hydroxylation sites is 4. The van der Waals surface area contributed by atoms with Gasteiger partial charge in [-0.25, -0.2) is 9.78 Å². The molecule has 1 saturated heterocycles. The summed E-state index contributed by atoms with van der Waals surface area (Å²) in [7, 11) is 3.26. The molecule has 2 atom stereocenters. The monoisotopic (exact) mass is 522 g/mol. The van der Waals surface area contributed by atoms with Crippen molar-refractivity contribution in [3.8, 4) is 5.75 Å².